The van der Waals surface area contributed by atoms with Gasteiger partial charge in [0.1, 0.15) is 17.9 Å². The van der Waals surface area contributed by atoms with Gasteiger partial charge in [-0.05, 0) is 55.4 Å². The van der Waals surface area contributed by atoms with Crippen LogP contribution in [0.3, 0.4) is 0 Å². The Kier molecular flexibility index (Phi) is 8.80. The predicted molar refractivity (Wildman–Crippen MR) is 169 cm³/mol. The molecular formula is C32H34F2N10O4. The van der Waals surface area contributed by atoms with Gasteiger partial charge in [-0.1, -0.05) is 6.07 Å². The summed E-state index contributed by atoms with van der Waals surface area (Å²) in [5.41, 5.74) is 0.962. The molecule has 3 fully saturated rings. The van der Waals surface area contributed by atoms with Gasteiger partial charge >= 0.3 is 6.03 Å². The number of hydrogen-bond donors (Lipinski definition) is 3. The molecule has 0 atom stereocenters. The van der Waals surface area contributed by atoms with Gasteiger partial charge in [0.15, 0.2) is 11.4 Å². The minimum absolute atomic E-state index is 0.0487. The van der Waals surface area contributed by atoms with Gasteiger partial charge in [0, 0.05) is 63.3 Å². The van der Waals surface area contributed by atoms with Crippen LogP contribution in [0.2, 0.25) is 0 Å². The number of piperidine rings is 1. The number of amides is 4. The topological polar surface area (TPSA) is 163 Å². The normalized spacial score (nSPS) is 17.5. The molecule has 7 rings (SSSR count). The quantitative estimate of drug-likeness (QED) is 0.207. The van der Waals surface area contributed by atoms with Gasteiger partial charge in [0.25, 0.3) is 12.3 Å². The molecule has 1 saturated carbocycles. The van der Waals surface area contributed by atoms with Crippen LogP contribution in [-0.2, 0) is 11.3 Å². The maximum Gasteiger partial charge on any atom is 0.329 e. The molecule has 0 spiro atoms. The molecule has 4 amide bonds. The van der Waals surface area contributed by atoms with Crippen molar-refractivity contribution in [3.63, 3.8) is 0 Å². The van der Waals surface area contributed by atoms with Crippen molar-refractivity contribution in [2.24, 2.45) is 5.92 Å². The third-order valence-electron chi connectivity index (χ3n) is 8.70. The van der Waals surface area contributed by atoms with Gasteiger partial charge in [0.2, 0.25) is 11.8 Å². The lowest BCUT2D eigenvalue weighted by Crippen LogP contribution is -2.49. The number of urea groups is 1. The summed E-state index contributed by atoms with van der Waals surface area (Å²) in [6.07, 6.45) is 7.07. The van der Waals surface area contributed by atoms with E-state index in [1.54, 1.807) is 30.6 Å². The van der Waals surface area contributed by atoms with Crippen molar-refractivity contribution in [3.8, 4) is 11.5 Å². The summed E-state index contributed by atoms with van der Waals surface area (Å²) in [5, 5.41) is 12.3. The van der Waals surface area contributed by atoms with Crippen molar-refractivity contribution in [3.05, 3.63) is 66.1 Å². The number of carbonyl (C=O) groups is 3. The average molecular weight is 661 g/mol. The summed E-state index contributed by atoms with van der Waals surface area (Å²) in [6, 6.07) is 6.55. The third-order valence-corrected chi connectivity index (χ3v) is 8.70. The molecule has 4 aromatic heterocycles. The van der Waals surface area contributed by atoms with Crippen molar-refractivity contribution < 1.29 is 27.6 Å². The first kappa shape index (κ1) is 31.4. The van der Waals surface area contributed by atoms with Crippen molar-refractivity contribution in [1.29, 1.82) is 0 Å². The molecule has 14 nitrogen and oxygen atoms in total. The van der Waals surface area contributed by atoms with E-state index in [-0.39, 0.29) is 42.2 Å². The highest BCUT2D eigenvalue weighted by Crippen LogP contribution is 2.32. The SMILES string of the molecule is O=C1CCN(c2ccc(CN3CCC(n4cc(NC(=O)c5coc(-c6ccnc(NCC7CC7)c6)n5)c(C(F)F)n4)CC3)cn2)C(=O)N1. The second kappa shape index (κ2) is 13.5. The van der Waals surface area contributed by atoms with Gasteiger partial charge in [-0.15, -0.1) is 0 Å². The zero-order valence-electron chi connectivity index (χ0n) is 25.9. The van der Waals surface area contributed by atoms with E-state index in [2.05, 4.69) is 40.9 Å². The second-order valence-electron chi connectivity index (χ2n) is 12.2. The van der Waals surface area contributed by atoms with Crippen molar-refractivity contribution in [1.82, 2.24) is 34.9 Å². The Morgan fingerprint density at radius 2 is 1.92 bits per heavy atom. The molecule has 0 aromatic carbocycles. The van der Waals surface area contributed by atoms with Crippen LogP contribution in [0.25, 0.3) is 11.5 Å². The molecule has 1 aliphatic carbocycles. The van der Waals surface area contributed by atoms with E-state index in [4.69, 9.17) is 4.42 Å². The number of halogens is 2. The second-order valence-corrected chi connectivity index (χ2v) is 12.2. The van der Waals surface area contributed by atoms with Crippen molar-refractivity contribution in [2.75, 3.05) is 41.7 Å². The molecule has 3 N–H and O–H groups in total. The van der Waals surface area contributed by atoms with Gasteiger partial charge in [-0.3, -0.25) is 29.4 Å². The molecule has 2 aliphatic heterocycles. The van der Waals surface area contributed by atoms with Crippen LogP contribution in [-0.4, -0.2) is 73.7 Å². The van der Waals surface area contributed by atoms with E-state index >= 15 is 0 Å². The fourth-order valence-corrected chi connectivity index (χ4v) is 5.83. The molecule has 4 aromatic rings. The van der Waals surface area contributed by atoms with Gasteiger partial charge in [-0.25, -0.2) is 28.5 Å². The van der Waals surface area contributed by atoms with Gasteiger partial charge < -0.3 is 15.1 Å². The molecule has 16 heteroatoms. The first-order valence-electron chi connectivity index (χ1n) is 15.9. The van der Waals surface area contributed by atoms with E-state index in [1.807, 2.05) is 6.07 Å². The number of rotatable bonds is 11. The number of imide groups is 1. The number of pyridine rings is 2. The maximum atomic E-state index is 14.0. The molecule has 0 unspecified atom stereocenters. The molecule has 250 valence electrons. The van der Waals surface area contributed by atoms with Crippen LogP contribution in [0.15, 0.2) is 53.5 Å². The lowest BCUT2D eigenvalue weighted by Gasteiger charge is -2.32. The Morgan fingerprint density at radius 3 is 2.65 bits per heavy atom. The highest BCUT2D eigenvalue weighted by atomic mass is 19.3. The first-order chi connectivity index (χ1) is 23.3. The number of alkyl halides is 2. The van der Waals surface area contributed by atoms with Crippen LogP contribution in [0.4, 0.5) is 30.9 Å². The average Bonchev–Trinajstić information content (AvgIpc) is 3.60. The zero-order chi connectivity index (χ0) is 33.2. The largest absolute Gasteiger partial charge is 0.444 e. The number of carbonyl (C=O) groups excluding carboxylic acids is 3. The smallest absolute Gasteiger partial charge is 0.329 e. The Morgan fingerprint density at radius 1 is 1.08 bits per heavy atom. The zero-order valence-corrected chi connectivity index (χ0v) is 25.9. The lowest BCUT2D eigenvalue weighted by molar-refractivity contribution is -0.120. The van der Waals surface area contributed by atoms with E-state index in [0.29, 0.717) is 55.6 Å². The van der Waals surface area contributed by atoms with Gasteiger partial charge in [-0.2, -0.15) is 5.10 Å². The maximum absolute atomic E-state index is 14.0. The molecule has 48 heavy (non-hydrogen) atoms. The predicted octanol–water partition coefficient (Wildman–Crippen LogP) is 4.62. The molecule has 6 heterocycles. The van der Waals surface area contributed by atoms with Crippen molar-refractivity contribution in [2.45, 2.75) is 51.1 Å². The first-order valence-corrected chi connectivity index (χ1v) is 15.9. The van der Waals surface area contributed by atoms with E-state index < -0.39 is 24.1 Å². The minimum Gasteiger partial charge on any atom is -0.444 e. The van der Waals surface area contributed by atoms with E-state index in [1.165, 1.54) is 34.9 Å². The number of aromatic nitrogens is 5. The summed E-state index contributed by atoms with van der Waals surface area (Å²) in [5.74, 6) is 1.06. The van der Waals surface area contributed by atoms with Crippen LogP contribution in [0.1, 0.15) is 66.3 Å². The molecule has 0 radical (unpaired) electrons. The molecule has 2 saturated heterocycles. The van der Waals surface area contributed by atoms with Crippen molar-refractivity contribution >= 4 is 35.2 Å². The van der Waals surface area contributed by atoms with Crippen LogP contribution >= 0.6 is 0 Å². The summed E-state index contributed by atoms with van der Waals surface area (Å²) < 4.78 is 35.1. The Bertz CT molecular complexity index is 1800. The van der Waals surface area contributed by atoms with E-state index in [0.717, 1.165) is 12.1 Å². The third kappa shape index (κ3) is 7.17. The van der Waals surface area contributed by atoms with E-state index in [9.17, 15) is 23.2 Å². The van der Waals surface area contributed by atoms with Crippen LogP contribution in [0.5, 0.6) is 0 Å². The number of hydrogen-bond acceptors (Lipinski definition) is 10. The number of anilines is 3. The highest BCUT2D eigenvalue weighted by molar-refractivity contribution is 6.05. The Balaban J connectivity index is 0.946. The summed E-state index contributed by atoms with van der Waals surface area (Å²) in [4.78, 5) is 53.2. The fourth-order valence-electron chi connectivity index (χ4n) is 5.83. The Labute approximate surface area is 273 Å². The van der Waals surface area contributed by atoms with Crippen LogP contribution < -0.4 is 20.9 Å². The van der Waals surface area contributed by atoms with Gasteiger partial charge in [0.05, 0.1) is 11.7 Å². The summed E-state index contributed by atoms with van der Waals surface area (Å²) in [6.45, 7) is 3.15. The standard InChI is InChI=1S/C32H34F2N10O4/c33-29(34)28-23(38-30(46)24-18-48-31(39-24)21-5-9-35-25(13-21)36-14-19-1-2-19)17-44(41-28)22-6-10-42(11-7-22)16-20-3-4-26(37-15-20)43-12-8-27(45)40-32(43)47/h3-5,9,13,15,17-19,22,29H,1-2,6-8,10-12,14,16H2,(H,35,36)(H,38,46)(H,40,45,47). The molecule has 3 aliphatic rings. The fraction of sp³-hybridized carbons (Fsp3) is 0.406. The Hall–Kier alpha value is -5.25. The molecule has 0 bridgehead atoms. The van der Waals surface area contributed by atoms with Crippen LogP contribution in [0, 0.1) is 5.92 Å². The molecular weight excluding hydrogens is 626 g/mol. The monoisotopic (exact) mass is 660 g/mol. The summed E-state index contributed by atoms with van der Waals surface area (Å²) in [7, 11) is 0. The highest BCUT2D eigenvalue weighted by Gasteiger charge is 2.28. The number of nitrogens with zero attached hydrogens (tertiary/aromatic N) is 7. The number of nitrogens with one attached hydrogen (secondary N) is 3. The lowest BCUT2D eigenvalue weighted by atomic mass is 10.0. The number of oxazole rings is 1. The summed E-state index contributed by atoms with van der Waals surface area (Å²) >= 11 is 0. The minimum atomic E-state index is -2.89. The number of likely N-dealkylation sites (tertiary alicyclic amines) is 1.